The van der Waals surface area contributed by atoms with E-state index in [2.05, 4.69) is 0 Å². The number of aromatic hydroxyl groups is 1. The molecule has 0 aliphatic heterocycles. The Morgan fingerprint density at radius 1 is 1.32 bits per heavy atom. The number of hydroxylamine groups is 1. The van der Waals surface area contributed by atoms with Crippen LogP contribution in [0.5, 0.6) is 5.75 Å². The first-order chi connectivity index (χ1) is 10.3. The summed E-state index contributed by atoms with van der Waals surface area (Å²) in [7, 11) is 0. The van der Waals surface area contributed by atoms with Crippen LogP contribution in [0.2, 0.25) is 0 Å². The van der Waals surface area contributed by atoms with Gasteiger partial charge in [-0.3, -0.25) is 0 Å². The molecule has 0 radical (unpaired) electrons. The van der Waals surface area contributed by atoms with Gasteiger partial charge in [-0.25, -0.2) is 9.59 Å². The average molecular weight is 307 g/mol. The Kier molecular flexibility index (Phi) is 4.59. The van der Waals surface area contributed by atoms with E-state index in [0.29, 0.717) is 19.3 Å². The van der Waals surface area contributed by atoms with E-state index in [9.17, 15) is 14.7 Å². The molecule has 1 amide bonds. The highest BCUT2D eigenvalue weighted by Crippen LogP contribution is 2.31. The fourth-order valence-corrected chi connectivity index (χ4v) is 2.44. The summed E-state index contributed by atoms with van der Waals surface area (Å²) in [6.07, 6.45) is 0.901. The molecule has 0 fully saturated rings. The molecular weight excluding hydrogens is 286 g/mol. The second-order valence-electron chi connectivity index (χ2n) is 6.38. The highest BCUT2D eigenvalue weighted by Gasteiger charge is 2.28. The van der Waals surface area contributed by atoms with Crippen LogP contribution in [0, 0.1) is 5.92 Å². The smallest absolute Gasteiger partial charge is 0.441 e. The third kappa shape index (κ3) is 4.13. The maximum absolute atomic E-state index is 12.0. The SMILES string of the molecule is CC(C)(C)OC(=O)NOC(=O)[C@H]1CCc2cccc(O)c2C1. The van der Waals surface area contributed by atoms with Gasteiger partial charge in [0.15, 0.2) is 0 Å². The monoisotopic (exact) mass is 307 g/mol. The van der Waals surface area contributed by atoms with Crippen LogP contribution in [0.1, 0.15) is 38.3 Å². The fourth-order valence-electron chi connectivity index (χ4n) is 2.44. The first-order valence-corrected chi connectivity index (χ1v) is 7.25. The van der Waals surface area contributed by atoms with E-state index in [1.54, 1.807) is 32.9 Å². The Labute approximate surface area is 129 Å². The van der Waals surface area contributed by atoms with Gasteiger partial charge in [0.2, 0.25) is 0 Å². The lowest BCUT2D eigenvalue weighted by molar-refractivity contribution is -0.156. The van der Waals surface area contributed by atoms with Crippen molar-refractivity contribution in [1.29, 1.82) is 0 Å². The summed E-state index contributed by atoms with van der Waals surface area (Å²) in [5, 5.41) is 9.86. The first-order valence-electron chi connectivity index (χ1n) is 7.25. The lowest BCUT2D eigenvalue weighted by atomic mass is 9.83. The third-order valence-electron chi connectivity index (χ3n) is 3.43. The molecule has 2 N–H and O–H groups in total. The third-order valence-corrected chi connectivity index (χ3v) is 3.43. The van der Waals surface area contributed by atoms with E-state index in [4.69, 9.17) is 9.57 Å². The van der Waals surface area contributed by atoms with Gasteiger partial charge in [-0.2, -0.15) is 0 Å². The fraction of sp³-hybridized carbons (Fsp3) is 0.500. The van der Waals surface area contributed by atoms with E-state index in [1.165, 1.54) is 0 Å². The van der Waals surface area contributed by atoms with E-state index in [-0.39, 0.29) is 5.75 Å². The number of phenols is 1. The molecule has 0 spiro atoms. The minimum Gasteiger partial charge on any atom is -0.508 e. The predicted molar refractivity (Wildman–Crippen MR) is 79.1 cm³/mol. The summed E-state index contributed by atoms with van der Waals surface area (Å²) < 4.78 is 4.98. The summed E-state index contributed by atoms with van der Waals surface area (Å²) in [6.45, 7) is 5.15. The summed E-state index contributed by atoms with van der Waals surface area (Å²) in [4.78, 5) is 28.3. The number of rotatable bonds is 1. The zero-order valence-electron chi connectivity index (χ0n) is 13.0. The number of hydrogen-bond donors (Lipinski definition) is 2. The van der Waals surface area contributed by atoms with Crippen LogP contribution in [0.15, 0.2) is 18.2 Å². The maximum atomic E-state index is 12.0. The number of benzene rings is 1. The van der Waals surface area contributed by atoms with Crippen molar-refractivity contribution in [3.8, 4) is 5.75 Å². The van der Waals surface area contributed by atoms with Crippen LogP contribution < -0.4 is 5.48 Å². The Morgan fingerprint density at radius 2 is 2.05 bits per heavy atom. The van der Waals surface area contributed by atoms with Crippen LogP contribution >= 0.6 is 0 Å². The van der Waals surface area contributed by atoms with E-state index in [0.717, 1.165) is 11.1 Å². The molecule has 0 saturated heterocycles. The average Bonchev–Trinajstić information content (AvgIpc) is 2.43. The Balaban J connectivity index is 1.90. The summed E-state index contributed by atoms with van der Waals surface area (Å²) >= 11 is 0. The number of amides is 1. The number of hydrogen-bond acceptors (Lipinski definition) is 5. The highest BCUT2D eigenvalue weighted by molar-refractivity contribution is 5.76. The van der Waals surface area contributed by atoms with Gasteiger partial charge in [0.1, 0.15) is 11.4 Å². The number of carbonyl (C=O) groups excluding carboxylic acids is 2. The molecule has 1 atom stereocenters. The molecular formula is C16H21NO5. The molecule has 0 heterocycles. The normalized spacial score (nSPS) is 17.3. The van der Waals surface area contributed by atoms with Crippen LogP contribution in [0.4, 0.5) is 4.79 Å². The predicted octanol–water partition coefficient (Wildman–Crippen LogP) is 2.48. The van der Waals surface area contributed by atoms with Gasteiger partial charge >= 0.3 is 12.1 Å². The van der Waals surface area contributed by atoms with Crippen LogP contribution in [0.25, 0.3) is 0 Å². The molecule has 0 unspecified atom stereocenters. The van der Waals surface area contributed by atoms with Gasteiger partial charge in [-0.15, -0.1) is 5.48 Å². The second-order valence-corrected chi connectivity index (χ2v) is 6.38. The van der Waals surface area contributed by atoms with Crippen molar-refractivity contribution in [2.24, 2.45) is 5.92 Å². The highest BCUT2D eigenvalue weighted by atomic mass is 16.7. The maximum Gasteiger partial charge on any atom is 0.441 e. The molecule has 2 rings (SSSR count). The van der Waals surface area contributed by atoms with Crippen molar-refractivity contribution >= 4 is 12.1 Å². The van der Waals surface area contributed by atoms with Gasteiger partial charge in [-0.1, -0.05) is 12.1 Å². The van der Waals surface area contributed by atoms with Crippen molar-refractivity contribution in [3.05, 3.63) is 29.3 Å². The number of carbonyl (C=O) groups is 2. The van der Waals surface area contributed by atoms with E-state index >= 15 is 0 Å². The zero-order chi connectivity index (χ0) is 16.3. The molecule has 0 saturated carbocycles. The van der Waals surface area contributed by atoms with Crippen LogP contribution in [-0.2, 0) is 27.2 Å². The van der Waals surface area contributed by atoms with Gasteiger partial charge in [0.25, 0.3) is 0 Å². The largest absolute Gasteiger partial charge is 0.508 e. The van der Waals surface area contributed by atoms with Crippen molar-refractivity contribution in [2.75, 3.05) is 0 Å². The van der Waals surface area contributed by atoms with Crippen molar-refractivity contribution in [1.82, 2.24) is 5.48 Å². The molecule has 6 heteroatoms. The van der Waals surface area contributed by atoms with Gasteiger partial charge in [0, 0.05) is 0 Å². The number of nitrogens with one attached hydrogen (secondary N) is 1. The molecule has 6 nitrogen and oxygen atoms in total. The first kappa shape index (κ1) is 16.1. The van der Waals surface area contributed by atoms with Gasteiger partial charge < -0.3 is 14.7 Å². The second kappa shape index (κ2) is 6.25. The van der Waals surface area contributed by atoms with E-state index < -0.39 is 23.6 Å². The molecule has 1 aliphatic rings. The Hall–Kier alpha value is -2.24. The van der Waals surface area contributed by atoms with E-state index in [1.807, 2.05) is 11.5 Å². The van der Waals surface area contributed by atoms with Crippen molar-refractivity contribution < 1.29 is 24.3 Å². The number of fused-ring (bicyclic) bond motifs is 1. The number of phenolic OH excluding ortho intramolecular Hbond substituents is 1. The van der Waals surface area contributed by atoms with Crippen LogP contribution in [-0.4, -0.2) is 22.8 Å². The standard InChI is InChI=1S/C16H21NO5/c1-16(2,3)21-15(20)17-22-14(19)11-8-7-10-5-4-6-13(18)12(10)9-11/h4-6,11,18H,7-9H2,1-3H3,(H,17,20)/t11-/m0/s1. The lowest BCUT2D eigenvalue weighted by Crippen LogP contribution is -2.36. The quantitative estimate of drug-likeness (QED) is 0.779. The molecule has 22 heavy (non-hydrogen) atoms. The van der Waals surface area contributed by atoms with Gasteiger partial charge in [0.05, 0.1) is 5.92 Å². The summed E-state index contributed by atoms with van der Waals surface area (Å²) in [5.74, 6) is -0.731. The van der Waals surface area contributed by atoms with Crippen LogP contribution in [0.3, 0.4) is 0 Å². The lowest BCUT2D eigenvalue weighted by Gasteiger charge is -2.24. The Morgan fingerprint density at radius 3 is 2.73 bits per heavy atom. The molecule has 1 aromatic rings. The minimum absolute atomic E-state index is 0.190. The molecule has 120 valence electrons. The van der Waals surface area contributed by atoms with Crippen molar-refractivity contribution in [3.63, 3.8) is 0 Å². The molecule has 1 aliphatic carbocycles. The topological polar surface area (TPSA) is 84.9 Å². The Bertz CT molecular complexity index is 576. The molecule has 0 bridgehead atoms. The number of aryl methyl sites for hydroxylation is 1. The number of ether oxygens (including phenoxy) is 1. The summed E-state index contributed by atoms with van der Waals surface area (Å²) in [5.41, 5.74) is 3.16. The minimum atomic E-state index is -0.806. The molecule has 1 aromatic carbocycles. The van der Waals surface area contributed by atoms with Crippen molar-refractivity contribution in [2.45, 2.75) is 45.6 Å². The summed E-state index contributed by atoms with van der Waals surface area (Å²) in [6, 6.07) is 5.33. The molecule has 0 aromatic heterocycles. The zero-order valence-corrected chi connectivity index (χ0v) is 13.0. The van der Waals surface area contributed by atoms with Gasteiger partial charge in [-0.05, 0) is 57.2 Å².